The fraction of sp³-hybridized carbons (Fsp3) is 0.500. The Balaban J connectivity index is 4.26. The van der Waals surface area contributed by atoms with Crippen LogP contribution in [0.15, 0.2) is 41.1 Å². The highest BCUT2D eigenvalue weighted by Crippen LogP contribution is 2.07. The largest absolute Gasteiger partial charge is 0.390 e. The molecule has 0 fully saturated rings. The van der Waals surface area contributed by atoms with Gasteiger partial charge in [-0.25, -0.2) is 0 Å². The molecule has 4 nitrogen and oxygen atoms in total. The molecule has 0 saturated heterocycles. The Kier molecular flexibility index (Phi) is 10.0. The summed E-state index contributed by atoms with van der Waals surface area (Å²) in [4.78, 5) is 15.9. The molecular formula is C16H27N3O. The van der Waals surface area contributed by atoms with Gasteiger partial charge in [-0.1, -0.05) is 32.6 Å². The first-order valence-electron chi connectivity index (χ1n) is 7.05. The van der Waals surface area contributed by atoms with Crippen molar-refractivity contribution in [3.05, 3.63) is 36.1 Å². The van der Waals surface area contributed by atoms with Crippen molar-refractivity contribution in [2.24, 2.45) is 16.6 Å². The van der Waals surface area contributed by atoms with Crippen LogP contribution in [0, 0.1) is 5.92 Å². The Bertz CT molecular complexity index is 395. The Morgan fingerprint density at radius 3 is 2.70 bits per heavy atom. The van der Waals surface area contributed by atoms with Gasteiger partial charge in [-0.2, -0.15) is 0 Å². The number of allylic oxidation sites excluding steroid dienone is 5. The van der Waals surface area contributed by atoms with E-state index in [1.807, 2.05) is 32.1 Å². The van der Waals surface area contributed by atoms with Gasteiger partial charge in [-0.05, 0) is 37.8 Å². The number of hydrogen-bond donors (Lipinski definition) is 2. The molecule has 0 aliphatic rings. The minimum atomic E-state index is -0.0275. The van der Waals surface area contributed by atoms with Crippen LogP contribution < -0.4 is 11.1 Å². The van der Waals surface area contributed by atoms with Crippen molar-refractivity contribution in [3.63, 3.8) is 0 Å². The lowest BCUT2D eigenvalue weighted by Crippen LogP contribution is -2.27. The number of carbonyl (C=O) groups is 1. The standard InChI is InChI=1S/C16H27N3O/c1-5-15(6-2)10-9-14(4)19-16(20)13(3)8-7-11-18-12-17/h5,9-10,12-13H,1,6-8,11H2,2-4H3,(H2,17,18)(H,19,20)/b14-9+,15-10+/t13-/m0/s1. The highest BCUT2D eigenvalue weighted by molar-refractivity contribution is 5.79. The van der Waals surface area contributed by atoms with Gasteiger partial charge in [0, 0.05) is 18.2 Å². The summed E-state index contributed by atoms with van der Waals surface area (Å²) in [6.07, 6.45) is 9.61. The maximum absolute atomic E-state index is 11.9. The van der Waals surface area contributed by atoms with Crippen LogP contribution in [0.5, 0.6) is 0 Å². The van der Waals surface area contributed by atoms with Gasteiger partial charge in [0.1, 0.15) is 0 Å². The summed E-state index contributed by atoms with van der Waals surface area (Å²) in [5.74, 6) is 0.0147. The van der Waals surface area contributed by atoms with Gasteiger partial charge in [0.2, 0.25) is 5.91 Å². The Morgan fingerprint density at radius 1 is 1.45 bits per heavy atom. The molecule has 0 heterocycles. The average Bonchev–Trinajstić information content (AvgIpc) is 2.44. The topological polar surface area (TPSA) is 67.5 Å². The van der Waals surface area contributed by atoms with Gasteiger partial charge >= 0.3 is 0 Å². The van der Waals surface area contributed by atoms with Crippen molar-refractivity contribution in [2.75, 3.05) is 6.54 Å². The van der Waals surface area contributed by atoms with Crippen molar-refractivity contribution in [3.8, 4) is 0 Å². The molecule has 0 radical (unpaired) electrons. The average molecular weight is 277 g/mol. The zero-order valence-electron chi connectivity index (χ0n) is 12.9. The van der Waals surface area contributed by atoms with E-state index in [0.717, 1.165) is 30.5 Å². The fourth-order valence-corrected chi connectivity index (χ4v) is 1.62. The van der Waals surface area contributed by atoms with E-state index < -0.39 is 0 Å². The van der Waals surface area contributed by atoms with E-state index in [9.17, 15) is 4.79 Å². The molecule has 4 heteroatoms. The third-order valence-corrected chi connectivity index (χ3v) is 3.02. The lowest BCUT2D eigenvalue weighted by Gasteiger charge is -2.11. The first-order chi connectivity index (χ1) is 9.54. The number of carbonyl (C=O) groups excluding carboxylic acids is 1. The number of nitrogens with zero attached hydrogens (tertiary/aromatic N) is 1. The van der Waals surface area contributed by atoms with E-state index in [2.05, 4.69) is 23.8 Å². The lowest BCUT2D eigenvalue weighted by atomic mass is 10.0. The SMILES string of the molecule is C=C/C(=C\C=C(/C)NC(=O)[C@@H](C)CCCN=CN)CC. The van der Waals surface area contributed by atoms with Crippen LogP contribution >= 0.6 is 0 Å². The van der Waals surface area contributed by atoms with Crippen LogP contribution in [0.25, 0.3) is 0 Å². The molecule has 3 N–H and O–H groups in total. The molecule has 0 saturated carbocycles. The van der Waals surface area contributed by atoms with Gasteiger partial charge in [0.05, 0.1) is 6.34 Å². The van der Waals surface area contributed by atoms with Gasteiger partial charge in [-0.3, -0.25) is 9.79 Å². The van der Waals surface area contributed by atoms with Gasteiger partial charge in [0.25, 0.3) is 0 Å². The zero-order valence-corrected chi connectivity index (χ0v) is 12.9. The summed E-state index contributed by atoms with van der Waals surface area (Å²) in [7, 11) is 0. The first-order valence-corrected chi connectivity index (χ1v) is 7.05. The second kappa shape index (κ2) is 11.0. The molecule has 112 valence electrons. The van der Waals surface area contributed by atoms with Gasteiger partial charge < -0.3 is 11.1 Å². The van der Waals surface area contributed by atoms with Crippen molar-refractivity contribution in [1.82, 2.24) is 5.32 Å². The van der Waals surface area contributed by atoms with Crippen molar-refractivity contribution in [1.29, 1.82) is 0 Å². The number of nitrogens with one attached hydrogen (secondary N) is 1. The maximum Gasteiger partial charge on any atom is 0.226 e. The summed E-state index contributed by atoms with van der Waals surface area (Å²) in [6.45, 7) is 10.3. The summed E-state index contributed by atoms with van der Waals surface area (Å²) < 4.78 is 0. The molecule has 0 aromatic carbocycles. The normalized spacial score (nSPS) is 14.3. The van der Waals surface area contributed by atoms with E-state index in [0.29, 0.717) is 6.54 Å². The Labute approximate surface area is 122 Å². The fourth-order valence-electron chi connectivity index (χ4n) is 1.62. The first kappa shape index (κ1) is 18.2. The molecule has 0 spiro atoms. The monoisotopic (exact) mass is 277 g/mol. The molecule has 1 atom stereocenters. The molecule has 0 rings (SSSR count). The Hall–Kier alpha value is -1.84. The van der Waals surface area contributed by atoms with Crippen molar-refractivity contribution >= 4 is 12.2 Å². The lowest BCUT2D eigenvalue weighted by molar-refractivity contribution is -0.123. The minimum Gasteiger partial charge on any atom is -0.390 e. The van der Waals surface area contributed by atoms with Crippen molar-refractivity contribution < 1.29 is 4.79 Å². The number of rotatable bonds is 9. The van der Waals surface area contributed by atoms with E-state index in [1.54, 1.807) is 0 Å². The number of nitrogens with two attached hydrogens (primary N) is 1. The van der Waals surface area contributed by atoms with Gasteiger partial charge in [-0.15, -0.1) is 0 Å². The Morgan fingerprint density at radius 2 is 2.15 bits per heavy atom. The molecule has 0 aromatic rings. The quantitative estimate of drug-likeness (QED) is 0.294. The van der Waals surface area contributed by atoms with E-state index in [1.165, 1.54) is 6.34 Å². The van der Waals surface area contributed by atoms with E-state index in [4.69, 9.17) is 5.73 Å². The molecule has 0 aliphatic carbocycles. The van der Waals surface area contributed by atoms with Crippen LogP contribution in [-0.2, 0) is 4.79 Å². The molecule has 0 aliphatic heterocycles. The van der Waals surface area contributed by atoms with Crippen molar-refractivity contribution in [2.45, 2.75) is 40.0 Å². The predicted molar refractivity (Wildman–Crippen MR) is 86.4 cm³/mol. The number of amides is 1. The highest BCUT2D eigenvalue weighted by atomic mass is 16.1. The number of aliphatic imine (C=N–C) groups is 1. The van der Waals surface area contributed by atoms with Crippen LogP contribution in [0.1, 0.15) is 40.0 Å². The summed E-state index contributed by atoms with van der Waals surface area (Å²) in [5, 5.41) is 2.90. The second-order valence-corrected chi connectivity index (χ2v) is 4.74. The van der Waals surface area contributed by atoms with E-state index in [-0.39, 0.29) is 11.8 Å². The second-order valence-electron chi connectivity index (χ2n) is 4.74. The molecule has 0 bridgehead atoms. The third-order valence-electron chi connectivity index (χ3n) is 3.02. The third kappa shape index (κ3) is 8.29. The van der Waals surface area contributed by atoms with Crippen LogP contribution in [0.4, 0.5) is 0 Å². The minimum absolute atomic E-state index is 0.0275. The molecular weight excluding hydrogens is 250 g/mol. The van der Waals surface area contributed by atoms with Gasteiger partial charge in [0.15, 0.2) is 0 Å². The molecule has 0 aromatic heterocycles. The smallest absolute Gasteiger partial charge is 0.226 e. The van der Waals surface area contributed by atoms with Crippen LogP contribution in [0.2, 0.25) is 0 Å². The summed E-state index contributed by atoms with van der Waals surface area (Å²) in [6, 6.07) is 0. The van der Waals surface area contributed by atoms with Crippen LogP contribution in [-0.4, -0.2) is 18.8 Å². The van der Waals surface area contributed by atoms with Crippen LogP contribution in [0.3, 0.4) is 0 Å². The maximum atomic E-state index is 11.9. The molecule has 1 amide bonds. The molecule has 0 unspecified atom stereocenters. The number of hydrogen-bond acceptors (Lipinski definition) is 2. The predicted octanol–water partition coefficient (Wildman–Crippen LogP) is 2.93. The zero-order chi connectivity index (χ0) is 15.4. The van der Waals surface area contributed by atoms with E-state index >= 15 is 0 Å². The summed E-state index contributed by atoms with van der Waals surface area (Å²) >= 11 is 0. The highest BCUT2D eigenvalue weighted by Gasteiger charge is 2.11. The summed E-state index contributed by atoms with van der Waals surface area (Å²) in [5.41, 5.74) is 7.15. The molecule has 20 heavy (non-hydrogen) atoms.